The number of benzene rings is 1. The highest BCUT2D eigenvalue weighted by molar-refractivity contribution is 6.35. The maximum Gasteiger partial charge on any atom is 0.0456 e. The average molecular weight is 230 g/mol. The molecule has 0 saturated carbocycles. The molecule has 3 heteroatoms. The van der Waals surface area contributed by atoms with Gasteiger partial charge in [0.05, 0.1) is 0 Å². The van der Waals surface area contributed by atoms with Gasteiger partial charge < -0.3 is 5.32 Å². The van der Waals surface area contributed by atoms with Crippen LogP contribution in [0.2, 0.25) is 10.0 Å². The van der Waals surface area contributed by atoms with Crippen molar-refractivity contribution in [2.24, 2.45) is 0 Å². The molecule has 0 amide bonds. The quantitative estimate of drug-likeness (QED) is 0.778. The molecular weight excluding hydrogens is 217 g/mol. The first-order valence-electron chi connectivity index (χ1n) is 4.71. The van der Waals surface area contributed by atoms with Gasteiger partial charge in [-0.25, -0.2) is 0 Å². The van der Waals surface area contributed by atoms with E-state index < -0.39 is 0 Å². The van der Waals surface area contributed by atoms with Crippen molar-refractivity contribution < 1.29 is 0 Å². The maximum atomic E-state index is 6.15. The minimum absolute atomic E-state index is 0.150. The minimum atomic E-state index is 0.150. The Kier molecular flexibility index (Phi) is 2.50. The van der Waals surface area contributed by atoms with E-state index in [1.54, 1.807) is 0 Å². The summed E-state index contributed by atoms with van der Waals surface area (Å²) in [5.74, 6) is 0.493. The summed E-state index contributed by atoms with van der Waals surface area (Å²) < 4.78 is 0. The van der Waals surface area contributed by atoms with Gasteiger partial charge in [0, 0.05) is 28.0 Å². The van der Waals surface area contributed by atoms with Gasteiger partial charge in [0.15, 0.2) is 0 Å². The lowest BCUT2D eigenvalue weighted by atomic mass is 9.75. The molecule has 1 unspecified atom stereocenters. The Morgan fingerprint density at radius 2 is 2.07 bits per heavy atom. The number of nitrogens with one attached hydrogen (secondary N) is 1. The van der Waals surface area contributed by atoms with E-state index in [4.69, 9.17) is 23.2 Å². The Labute approximate surface area is 94.4 Å². The number of rotatable bonds is 1. The molecule has 14 heavy (non-hydrogen) atoms. The summed E-state index contributed by atoms with van der Waals surface area (Å²) in [6.45, 7) is 5.37. The second kappa shape index (κ2) is 3.41. The average Bonchev–Trinajstić information content (AvgIpc) is 2.08. The lowest BCUT2D eigenvalue weighted by Crippen LogP contribution is -2.59. The van der Waals surface area contributed by atoms with Crippen molar-refractivity contribution in [3.63, 3.8) is 0 Å². The molecule has 1 aliphatic rings. The monoisotopic (exact) mass is 229 g/mol. The third-order valence-corrected chi connectivity index (χ3v) is 3.53. The number of hydrogen-bond acceptors (Lipinski definition) is 1. The molecular formula is C11H13Cl2N. The Balaban J connectivity index is 2.33. The smallest absolute Gasteiger partial charge is 0.0456 e. The number of hydrogen-bond donors (Lipinski definition) is 1. The zero-order chi connectivity index (χ0) is 10.3. The highest BCUT2D eigenvalue weighted by Gasteiger charge is 2.39. The molecule has 2 rings (SSSR count). The van der Waals surface area contributed by atoms with Crippen molar-refractivity contribution in [2.75, 3.05) is 6.54 Å². The largest absolute Gasteiger partial charge is 0.310 e. The van der Waals surface area contributed by atoms with Crippen molar-refractivity contribution in [3.05, 3.63) is 33.8 Å². The fourth-order valence-corrected chi connectivity index (χ4v) is 2.44. The molecule has 0 bridgehead atoms. The van der Waals surface area contributed by atoms with Gasteiger partial charge in [-0.1, -0.05) is 29.3 Å². The lowest BCUT2D eigenvalue weighted by molar-refractivity contribution is 0.208. The first kappa shape index (κ1) is 10.3. The van der Waals surface area contributed by atoms with Gasteiger partial charge in [0.2, 0.25) is 0 Å². The van der Waals surface area contributed by atoms with Gasteiger partial charge in [-0.15, -0.1) is 0 Å². The van der Waals surface area contributed by atoms with Crippen LogP contribution in [0.3, 0.4) is 0 Å². The van der Waals surface area contributed by atoms with Gasteiger partial charge in [-0.3, -0.25) is 0 Å². The molecule has 0 radical (unpaired) electrons. The zero-order valence-electron chi connectivity index (χ0n) is 8.27. The van der Waals surface area contributed by atoms with Crippen LogP contribution in [-0.2, 0) is 0 Å². The van der Waals surface area contributed by atoms with E-state index in [-0.39, 0.29) is 5.54 Å². The Hall–Kier alpha value is -0.240. The second-order valence-electron chi connectivity index (χ2n) is 4.32. The lowest BCUT2D eigenvalue weighted by Gasteiger charge is -2.46. The van der Waals surface area contributed by atoms with Crippen molar-refractivity contribution >= 4 is 23.2 Å². The molecule has 1 nitrogen and oxygen atoms in total. The van der Waals surface area contributed by atoms with Crippen LogP contribution >= 0.6 is 23.2 Å². The summed E-state index contributed by atoms with van der Waals surface area (Å²) in [6, 6.07) is 5.74. The van der Waals surface area contributed by atoms with Crippen LogP contribution in [0.1, 0.15) is 25.3 Å². The first-order chi connectivity index (χ1) is 6.50. The van der Waals surface area contributed by atoms with Crippen LogP contribution in [0.5, 0.6) is 0 Å². The molecule has 0 aliphatic carbocycles. The summed E-state index contributed by atoms with van der Waals surface area (Å²) in [5.41, 5.74) is 1.34. The molecule has 1 aromatic rings. The molecule has 0 aromatic heterocycles. The van der Waals surface area contributed by atoms with Crippen molar-refractivity contribution in [3.8, 4) is 0 Å². The van der Waals surface area contributed by atoms with E-state index in [0.29, 0.717) is 10.9 Å². The summed E-state index contributed by atoms with van der Waals surface area (Å²) >= 11 is 12.0. The minimum Gasteiger partial charge on any atom is -0.310 e. The predicted octanol–water partition coefficient (Wildman–Crippen LogP) is 3.46. The molecule has 1 N–H and O–H groups in total. The van der Waals surface area contributed by atoms with E-state index in [9.17, 15) is 0 Å². The van der Waals surface area contributed by atoms with Crippen molar-refractivity contribution in [1.82, 2.24) is 5.32 Å². The van der Waals surface area contributed by atoms with Crippen LogP contribution in [0.4, 0.5) is 0 Å². The summed E-state index contributed by atoms with van der Waals surface area (Å²) in [5, 5.41) is 4.86. The van der Waals surface area contributed by atoms with Crippen LogP contribution in [-0.4, -0.2) is 12.1 Å². The fourth-order valence-electron chi connectivity index (χ4n) is 1.90. The first-order valence-corrected chi connectivity index (χ1v) is 5.46. The third kappa shape index (κ3) is 1.65. The fraction of sp³-hybridized carbons (Fsp3) is 0.455. The Bertz CT molecular complexity index is 360. The predicted molar refractivity (Wildman–Crippen MR) is 61.3 cm³/mol. The molecule has 1 aromatic carbocycles. The summed E-state index contributed by atoms with van der Waals surface area (Å²) in [7, 11) is 0. The second-order valence-corrected chi connectivity index (χ2v) is 5.16. The topological polar surface area (TPSA) is 12.0 Å². The standard InChI is InChI=1S/C11H13Cl2N/c1-11(2)9(6-14-11)8-4-3-7(12)5-10(8)13/h3-5,9,14H,6H2,1-2H3. The third-order valence-electron chi connectivity index (χ3n) is 2.97. The van der Waals surface area contributed by atoms with Gasteiger partial charge >= 0.3 is 0 Å². The van der Waals surface area contributed by atoms with E-state index in [1.165, 1.54) is 5.56 Å². The normalized spacial score (nSPS) is 24.4. The highest BCUT2D eigenvalue weighted by Crippen LogP contribution is 2.38. The molecule has 1 atom stereocenters. The highest BCUT2D eigenvalue weighted by atomic mass is 35.5. The molecule has 1 saturated heterocycles. The van der Waals surface area contributed by atoms with Crippen LogP contribution < -0.4 is 5.32 Å². The molecule has 1 fully saturated rings. The van der Waals surface area contributed by atoms with Gasteiger partial charge in [-0.2, -0.15) is 0 Å². The SMILES string of the molecule is CC1(C)NCC1c1ccc(Cl)cc1Cl. The maximum absolute atomic E-state index is 6.15. The van der Waals surface area contributed by atoms with Crippen molar-refractivity contribution in [2.45, 2.75) is 25.3 Å². The summed E-state index contributed by atoms with van der Waals surface area (Å²) in [4.78, 5) is 0. The van der Waals surface area contributed by atoms with E-state index in [2.05, 4.69) is 19.2 Å². The Morgan fingerprint density at radius 1 is 1.36 bits per heavy atom. The number of halogens is 2. The molecule has 1 heterocycles. The van der Waals surface area contributed by atoms with Gasteiger partial charge in [0.1, 0.15) is 0 Å². The summed E-state index contributed by atoms with van der Waals surface area (Å²) in [6.07, 6.45) is 0. The molecule has 1 aliphatic heterocycles. The van der Waals surface area contributed by atoms with Crippen LogP contribution in [0.15, 0.2) is 18.2 Å². The molecule has 76 valence electrons. The van der Waals surface area contributed by atoms with Gasteiger partial charge in [-0.05, 0) is 31.5 Å². The van der Waals surface area contributed by atoms with E-state index in [0.717, 1.165) is 11.6 Å². The Morgan fingerprint density at radius 3 is 2.50 bits per heavy atom. The molecule has 0 spiro atoms. The zero-order valence-corrected chi connectivity index (χ0v) is 9.78. The van der Waals surface area contributed by atoms with Gasteiger partial charge in [0.25, 0.3) is 0 Å². The van der Waals surface area contributed by atoms with E-state index >= 15 is 0 Å². The van der Waals surface area contributed by atoms with Crippen molar-refractivity contribution in [1.29, 1.82) is 0 Å². The van der Waals surface area contributed by atoms with Crippen LogP contribution in [0, 0.1) is 0 Å². The van der Waals surface area contributed by atoms with E-state index in [1.807, 2.05) is 18.2 Å². The van der Waals surface area contributed by atoms with Crippen LogP contribution in [0.25, 0.3) is 0 Å².